The van der Waals surface area contributed by atoms with Gasteiger partial charge in [-0.15, -0.1) is 0 Å². The first kappa shape index (κ1) is 23.5. The van der Waals surface area contributed by atoms with Crippen molar-refractivity contribution in [1.29, 1.82) is 5.26 Å². The van der Waals surface area contributed by atoms with Gasteiger partial charge < -0.3 is 5.32 Å². The van der Waals surface area contributed by atoms with Crippen LogP contribution in [0.3, 0.4) is 0 Å². The van der Waals surface area contributed by atoms with E-state index < -0.39 is 0 Å². The van der Waals surface area contributed by atoms with E-state index in [1.54, 1.807) is 0 Å². The van der Waals surface area contributed by atoms with Crippen molar-refractivity contribution in [2.24, 2.45) is 40.9 Å². The van der Waals surface area contributed by atoms with Gasteiger partial charge in [-0.1, -0.05) is 0 Å². The molecule has 5 aliphatic rings. The zero-order valence-electron chi connectivity index (χ0n) is 20.5. The number of hydrogen-bond donors (Lipinski definition) is 3. The Hall–Kier alpha value is -1.23. The van der Waals surface area contributed by atoms with Crippen LogP contribution in [0.15, 0.2) is 0 Å². The second-order valence-corrected chi connectivity index (χ2v) is 12.6. The van der Waals surface area contributed by atoms with Crippen LogP contribution in [0, 0.1) is 62.4 Å². The predicted molar refractivity (Wildman–Crippen MR) is 128 cm³/mol. The maximum absolute atomic E-state index is 11.4. The second kappa shape index (κ2) is 9.43. The van der Waals surface area contributed by atoms with Gasteiger partial charge in [0.25, 0.3) is 0 Å². The summed E-state index contributed by atoms with van der Waals surface area (Å²) in [6, 6.07) is 3.85. The monoisotopic (exact) mass is 457 g/mol. The van der Waals surface area contributed by atoms with Crippen LogP contribution in [-0.4, -0.2) is 35.6 Å². The van der Waals surface area contributed by atoms with Gasteiger partial charge in [0.1, 0.15) is 0 Å². The fourth-order valence-corrected chi connectivity index (χ4v) is 8.57. The summed E-state index contributed by atoms with van der Waals surface area (Å²) in [6.07, 6.45) is 12.3. The highest BCUT2D eigenvalue weighted by molar-refractivity contribution is 5.08. The van der Waals surface area contributed by atoms with Gasteiger partial charge >= 0.3 is 0 Å². The van der Waals surface area contributed by atoms with Gasteiger partial charge in [0.15, 0.2) is 0 Å². The van der Waals surface area contributed by atoms with Crippen LogP contribution in [-0.2, 0) is 0 Å². The van der Waals surface area contributed by atoms with Crippen molar-refractivity contribution in [3.05, 3.63) is 10.1 Å². The van der Waals surface area contributed by atoms with Gasteiger partial charge in [-0.05, 0) is 107 Å². The molecule has 3 aliphatic carbocycles. The van der Waals surface area contributed by atoms with Crippen LogP contribution in [0.4, 0.5) is 0 Å². The molecule has 2 aliphatic heterocycles. The molecular weight excluding hydrogens is 414 g/mol. The lowest BCUT2D eigenvalue weighted by Crippen LogP contribution is -2.58. The molecule has 0 aromatic rings. The molecule has 7 nitrogen and oxygen atoms in total. The van der Waals surface area contributed by atoms with E-state index >= 15 is 0 Å². The number of nitriles is 1. The normalized spacial score (nSPS) is 46.1. The smallest absolute Gasteiger partial charge is 0.213 e. The fraction of sp³-hybridized carbons (Fsp3) is 0.962. The van der Waals surface area contributed by atoms with Crippen molar-refractivity contribution in [1.82, 2.24) is 16.2 Å². The number of nitrogens with one attached hydrogen (secondary N) is 3. The Kier molecular flexibility index (Phi) is 6.72. The molecule has 0 bridgehead atoms. The summed E-state index contributed by atoms with van der Waals surface area (Å²) in [5.41, 5.74) is 7.18. The molecule has 0 radical (unpaired) electrons. The topological polar surface area (TPSA) is 103 Å². The number of hydrogen-bond acceptors (Lipinski definition) is 6. The highest BCUT2D eigenvalue weighted by Gasteiger charge is 2.52. The molecule has 8 unspecified atom stereocenters. The zero-order valence-corrected chi connectivity index (χ0v) is 20.5. The number of hydrazine groups is 1. The van der Waals surface area contributed by atoms with E-state index in [4.69, 9.17) is 0 Å². The van der Waals surface area contributed by atoms with Gasteiger partial charge in [-0.25, -0.2) is 0 Å². The van der Waals surface area contributed by atoms with Crippen molar-refractivity contribution in [3.63, 3.8) is 0 Å². The van der Waals surface area contributed by atoms with Crippen molar-refractivity contribution < 1.29 is 4.92 Å². The van der Waals surface area contributed by atoms with Gasteiger partial charge in [0.2, 0.25) is 6.04 Å². The van der Waals surface area contributed by atoms with E-state index in [0.717, 1.165) is 25.8 Å². The van der Waals surface area contributed by atoms with Gasteiger partial charge in [-0.3, -0.25) is 21.0 Å². The van der Waals surface area contributed by atoms with Gasteiger partial charge in [0.05, 0.1) is 11.5 Å². The third-order valence-electron chi connectivity index (χ3n) is 10.6. The van der Waals surface area contributed by atoms with Crippen LogP contribution >= 0.6 is 0 Å². The molecule has 3 saturated carbocycles. The number of nitrogens with zero attached hydrogens (tertiary/aromatic N) is 2. The Morgan fingerprint density at radius 1 is 0.909 bits per heavy atom. The molecule has 2 saturated heterocycles. The summed E-state index contributed by atoms with van der Waals surface area (Å²) in [6.45, 7) is 5.26. The highest BCUT2D eigenvalue weighted by Crippen LogP contribution is 2.49. The number of rotatable bonds is 4. The number of piperidine rings is 1. The first-order valence-corrected chi connectivity index (χ1v) is 13.7. The molecule has 0 aromatic carbocycles. The largest absolute Gasteiger partial charge is 0.312 e. The van der Waals surface area contributed by atoms with Gasteiger partial charge in [0, 0.05) is 42.4 Å². The average molecular weight is 458 g/mol. The fourth-order valence-electron chi connectivity index (χ4n) is 8.57. The van der Waals surface area contributed by atoms with E-state index in [2.05, 4.69) is 36.1 Å². The number of nitro groups is 1. The van der Waals surface area contributed by atoms with Crippen LogP contribution in [0.5, 0.6) is 0 Å². The summed E-state index contributed by atoms with van der Waals surface area (Å²) < 4.78 is 0. The van der Waals surface area contributed by atoms with E-state index in [1.807, 2.05) is 0 Å². The Bertz CT molecular complexity index is 758. The van der Waals surface area contributed by atoms with E-state index in [9.17, 15) is 15.4 Å². The molecule has 5 rings (SSSR count). The number of fused-ring (bicyclic) bond motifs is 3. The molecule has 184 valence electrons. The lowest BCUT2D eigenvalue weighted by Gasteiger charge is -2.50. The molecule has 7 heteroatoms. The molecule has 3 N–H and O–H groups in total. The van der Waals surface area contributed by atoms with E-state index in [-0.39, 0.29) is 16.4 Å². The minimum absolute atomic E-state index is 0.0131. The maximum Gasteiger partial charge on any atom is 0.213 e. The van der Waals surface area contributed by atoms with Gasteiger partial charge in [-0.2, -0.15) is 5.26 Å². The molecule has 5 fully saturated rings. The minimum atomic E-state index is -0.311. The summed E-state index contributed by atoms with van der Waals surface area (Å²) in [5, 5.41) is 24.9. The Morgan fingerprint density at radius 3 is 2.36 bits per heavy atom. The lowest BCUT2D eigenvalue weighted by molar-refractivity contribution is -0.528. The SMILES string of the molecule is CC(C)(C#N)C1CCC(C2NNC3CNC4CCC(C5CCCC([N+](=O)[O-])C5)CC4C32)CC1. The molecule has 33 heavy (non-hydrogen) atoms. The second-order valence-electron chi connectivity index (χ2n) is 12.6. The Labute approximate surface area is 198 Å². The third kappa shape index (κ3) is 4.56. The van der Waals surface area contributed by atoms with Crippen LogP contribution in [0.2, 0.25) is 0 Å². The van der Waals surface area contributed by atoms with Crippen molar-refractivity contribution >= 4 is 0 Å². The Morgan fingerprint density at radius 2 is 1.64 bits per heavy atom. The lowest BCUT2D eigenvalue weighted by atomic mass is 9.59. The van der Waals surface area contributed by atoms with E-state index in [0.29, 0.717) is 53.6 Å². The molecule has 0 aromatic heterocycles. The summed E-state index contributed by atoms with van der Waals surface area (Å²) >= 11 is 0. The summed E-state index contributed by atoms with van der Waals surface area (Å²) in [4.78, 5) is 11.4. The average Bonchev–Trinajstić information content (AvgIpc) is 3.28. The first-order chi connectivity index (χ1) is 15.9. The van der Waals surface area contributed by atoms with Crippen LogP contribution in [0.1, 0.15) is 84.5 Å². The molecule has 0 amide bonds. The minimum Gasteiger partial charge on any atom is -0.312 e. The van der Waals surface area contributed by atoms with Crippen molar-refractivity contribution in [2.75, 3.05) is 6.54 Å². The maximum atomic E-state index is 11.4. The molecular formula is C26H43N5O2. The van der Waals surface area contributed by atoms with Crippen molar-refractivity contribution in [2.45, 2.75) is 109 Å². The molecule has 2 heterocycles. The van der Waals surface area contributed by atoms with Crippen LogP contribution < -0.4 is 16.2 Å². The Balaban J connectivity index is 1.26. The predicted octanol–water partition coefficient (Wildman–Crippen LogP) is 4.03. The molecule has 0 spiro atoms. The van der Waals surface area contributed by atoms with E-state index in [1.165, 1.54) is 51.4 Å². The summed E-state index contributed by atoms with van der Waals surface area (Å²) in [5.74, 6) is 3.72. The zero-order chi connectivity index (χ0) is 23.2. The standard InChI is InChI=1S/C26H43N5O2/c1-26(2,15-27)19-9-6-16(7-10-19)25-24-21-13-18(17-4-3-5-20(12-17)31(32)33)8-11-22(21)28-14-23(24)29-30-25/h16-25,28-30H,3-14H2,1-2H3. The van der Waals surface area contributed by atoms with Crippen LogP contribution in [0.25, 0.3) is 0 Å². The summed E-state index contributed by atoms with van der Waals surface area (Å²) in [7, 11) is 0. The highest BCUT2D eigenvalue weighted by atomic mass is 16.6. The quantitative estimate of drug-likeness (QED) is 0.435. The third-order valence-corrected chi connectivity index (χ3v) is 10.6. The van der Waals surface area contributed by atoms with Crippen molar-refractivity contribution in [3.8, 4) is 6.07 Å². The molecule has 8 atom stereocenters. The first-order valence-electron chi connectivity index (χ1n) is 13.7.